The molecule has 12 heteroatoms. The fourth-order valence-electron chi connectivity index (χ4n) is 3.40. The lowest BCUT2D eigenvalue weighted by molar-refractivity contribution is -0.139. The predicted molar refractivity (Wildman–Crippen MR) is 154 cm³/mol. The number of nitrogens with two attached hydrogens (primary N) is 1. The minimum Gasteiger partial charge on any atom is -0.480 e. The molecule has 4 atom stereocenters. The average molecular weight is 598 g/mol. The van der Waals surface area contributed by atoms with Gasteiger partial charge in [0.25, 0.3) is 0 Å². The summed E-state index contributed by atoms with van der Waals surface area (Å²) < 4.78 is 31.3. The quantitative estimate of drug-likeness (QED) is 0.151. The molecule has 0 aliphatic carbocycles. The van der Waals surface area contributed by atoms with Gasteiger partial charge in [0.1, 0.15) is 6.04 Å². The second-order valence-corrected chi connectivity index (χ2v) is 12.9. The molecule has 0 saturated heterocycles. The van der Waals surface area contributed by atoms with Gasteiger partial charge in [-0.1, -0.05) is 74.8 Å². The highest BCUT2D eigenvalue weighted by molar-refractivity contribution is 5.75. The van der Waals surface area contributed by atoms with Crippen molar-refractivity contribution in [3.05, 3.63) is 23.8 Å². The van der Waals surface area contributed by atoms with Crippen molar-refractivity contribution in [2.75, 3.05) is 26.4 Å². The first kappa shape index (κ1) is 36.5. The summed E-state index contributed by atoms with van der Waals surface area (Å²) in [6.07, 6.45) is -2.15. The number of rotatable bonds is 13. The molecular weight excluding hydrogens is 550 g/mol. The minimum absolute atomic E-state index is 0.0450. The predicted octanol–water partition coefficient (Wildman–Crippen LogP) is 6.14. The van der Waals surface area contributed by atoms with E-state index in [0.29, 0.717) is 5.56 Å². The van der Waals surface area contributed by atoms with Crippen molar-refractivity contribution in [2.45, 2.75) is 80.7 Å². The van der Waals surface area contributed by atoms with Crippen LogP contribution in [0.3, 0.4) is 0 Å². The van der Waals surface area contributed by atoms with E-state index in [9.17, 15) is 24.3 Å². The van der Waals surface area contributed by atoms with E-state index < -0.39 is 42.3 Å². The van der Waals surface area contributed by atoms with E-state index in [4.69, 9.17) is 34.2 Å². The molecular formula is C30H47NO11. The van der Waals surface area contributed by atoms with E-state index in [1.807, 2.05) is 55.4 Å². The molecule has 12 nitrogen and oxygen atoms in total. The molecule has 1 rings (SSSR count). The number of hydrogen-bond donors (Lipinski definition) is 2. The highest BCUT2D eigenvalue weighted by Gasteiger charge is 2.33. The van der Waals surface area contributed by atoms with Gasteiger partial charge in [-0.25, -0.2) is 14.4 Å². The van der Waals surface area contributed by atoms with Crippen LogP contribution < -0.4 is 15.2 Å². The van der Waals surface area contributed by atoms with Crippen molar-refractivity contribution in [1.82, 2.24) is 0 Å². The second kappa shape index (κ2) is 16.2. The molecule has 238 valence electrons. The second-order valence-electron chi connectivity index (χ2n) is 12.9. The Hall–Kier alpha value is -3.54. The van der Waals surface area contributed by atoms with Gasteiger partial charge >= 0.3 is 24.4 Å². The molecule has 1 aromatic carbocycles. The molecule has 42 heavy (non-hydrogen) atoms. The number of benzene rings is 1. The molecule has 0 fully saturated rings. The van der Waals surface area contributed by atoms with Gasteiger partial charge in [-0.2, -0.15) is 0 Å². The van der Waals surface area contributed by atoms with Crippen LogP contribution >= 0.6 is 0 Å². The molecule has 0 spiro atoms. The Morgan fingerprint density at radius 3 is 1.76 bits per heavy atom. The summed E-state index contributed by atoms with van der Waals surface area (Å²) >= 11 is 0. The lowest BCUT2D eigenvalue weighted by atomic mass is 9.82. The highest BCUT2D eigenvalue weighted by Crippen LogP contribution is 2.36. The SMILES string of the molecule is CCC(C)COC(=O)OCC(C)C(c1ccc(OC(=O)OCC(C)(C)C)c(OC(=O)OCC(C)(C)C)c1)[C@H](N)C(=O)O. The molecule has 0 saturated carbocycles. The van der Waals surface area contributed by atoms with Gasteiger partial charge in [0.2, 0.25) is 0 Å². The van der Waals surface area contributed by atoms with Crippen LogP contribution in [0.5, 0.6) is 11.5 Å². The fourth-order valence-corrected chi connectivity index (χ4v) is 3.40. The maximum absolute atomic E-state index is 12.5. The van der Waals surface area contributed by atoms with Crippen LogP contribution in [0.25, 0.3) is 0 Å². The Kier molecular flexibility index (Phi) is 14.1. The summed E-state index contributed by atoms with van der Waals surface area (Å²) in [5.74, 6) is -3.06. The Morgan fingerprint density at radius 2 is 1.29 bits per heavy atom. The average Bonchev–Trinajstić information content (AvgIpc) is 2.88. The molecule has 0 bridgehead atoms. The lowest BCUT2D eigenvalue weighted by Crippen LogP contribution is -2.40. The van der Waals surface area contributed by atoms with Crippen LogP contribution in [0.2, 0.25) is 0 Å². The van der Waals surface area contributed by atoms with E-state index in [-0.39, 0.29) is 54.7 Å². The summed E-state index contributed by atoms with van der Waals surface area (Å²) in [5.41, 5.74) is 5.71. The summed E-state index contributed by atoms with van der Waals surface area (Å²) in [5, 5.41) is 9.72. The molecule has 0 aliphatic rings. The van der Waals surface area contributed by atoms with E-state index >= 15 is 0 Å². The van der Waals surface area contributed by atoms with Crippen LogP contribution in [0.4, 0.5) is 14.4 Å². The van der Waals surface area contributed by atoms with Crippen LogP contribution in [0.15, 0.2) is 18.2 Å². The third-order valence-corrected chi connectivity index (χ3v) is 5.92. The maximum Gasteiger partial charge on any atom is 0.513 e. The van der Waals surface area contributed by atoms with Crippen LogP contribution in [-0.4, -0.2) is 62.0 Å². The highest BCUT2D eigenvalue weighted by atomic mass is 16.7. The number of ether oxygens (including phenoxy) is 6. The van der Waals surface area contributed by atoms with Crippen molar-refractivity contribution in [3.63, 3.8) is 0 Å². The Balaban J connectivity index is 3.30. The largest absolute Gasteiger partial charge is 0.513 e. The first-order valence-corrected chi connectivity index (χ1v) is 13.9. The Labute approximate surface area is 248 Å². The summed E-state index contributed by atoms with van der Waals surface area (Å²) in [6.45, 7) is 16.9. The summed E-state index contributed by atoms with van der Waals surface area (Å²) in [7, 11) is 0. The van der Waals surface area contributed by atoms with Crippen molar-refractivity contribution < 1.29 is 52.7 Å². The van der Waals surface area contributed by atoms with Crippen molar-refractivity contribution in [1.29, 1.82) is 0 Å². The van der Waals surface area contributed by atoms with Gasteiger partial charge in [-0.3, -0.25) is 4.79 Å². The van der Waals surface area contributed by atoms with Gasteiger partial charge in [-0.05, 0) is 40.4 Å². The normalized spacial score (nSPS) is 14.5. The number of carboxylic acid groups (broad SMARTS) is 1. The van der Waals surface area contributed by atoms with E-state index in [0.717, 1.165) is 6.42 Å². The smallest absolute Gasteiger partial charge is 0.480 e. The number of carbonyl (C=O) groups excluding carboxylic acids is 3. The van der Waals surface area contributed by atoms with Crippen LogP contribution in [-0.2, 0) is 23.7 Å². The zero-order valence-electron chi connectivity index (χ0n) is 26.2. The van der Waals surface area contributed by atoms with E-state index in [1.165, 1.54) is 18.2 Å². The molecule has 0 radical (unpaired) electrons. The molecule has 3 unspecified atom stereocenters. The molecule has 3 N–H and O–H groups in total. The fraction of sp³-hybridized carbons (Fsp3) is 0.667. The Bertz CT molecular complexity index is 1060. The zero-order chi connectivity index (χ0) is 32.3. The van der Waals surface area contributed by atoms with Crippen molar-refractivity contribution in [2.24, 2.45) is 28.4 Å². The van der Waals surface area contributed by atoms with Gasteiger partial charge in [0.05, 0.1) is 26.4 Å². The lowest BCUT2D eigenvalue weighted by Gasteiger charge is -2.28. The standard InChI is InChI=1S/C30H47NO11/c1-10-18(2)14-37-26(34)38-15-19(3)23(24(31)25(32)33)20-11-12-21(41-27(35)39-16-29(4,5)6)22(13-20)42-28(36)40-17-30(7,8)9/h11-13,18-19,23-24H,10,14-17,31H2,1-9H3,(H,32,33)/t18?,19?,23?,24-/m0/s1. The first-order chi connectivity index (χ1) is 19.3. The molecule has 0 aromatic heterocycles. The molecule has 1 aromatic rings. The van der Waals surface area contributed by atoms with E-state index in [2.05, 4.69) is 0 Å². The van der Waals surface area contributed by atoms with Crippen LogP contribution in [0, 0.1) is 22.7 Å². The number of carboxylic acids is 1. The third kappa shape index (κ3) is 13.9. The Morgan fingerprint density at radius 1 is 0.786 bits per heavy atom. The number of carbonyl (C=O) groups is 4. The van der Waals surface area contributed by atoms with Gasteiger partial charge in [0, 0.05) is 5.92 Å². The van der Waals surface area contributed by atoms with Crippen molar-refractivity contribution in [3.8, 4) is 11.5 Å². The molecule has 0 heterocycles. The summed E-state index contributed by atoms with van der Waals surface area (Å²) in [6, 6.07) is 2.71. The molecule has 0 aliphatic heterocycles. The first-order valence-electron chi connectivity index (χ1n) is 13.9. The maximum atomic E-state index is 12.5. The van der Waals surface area contributed by atoms with Gasteiger partial charge < -0.3 is 39.3 Å². The zero-order valence-corrected chi connectivity index (χ0v) is 26.2. The molecule has 0 amide bonds. The van der Waals surface area contributed by atoms with Crippen LogP contribution in [0.1, 0.15) is 80.2 Å². The topological polar surface area (TPSA) is 170 Å². The monoisotopic (exact) mass is 597 g/mol. The van der Waals surface area contributed by atoms with Crippen molar-refractivity contribution >= 4 is 24.4 Å². The van der Waals surface area contributed by atoms with Gasteiger partial charge in [0.15, 0.2) is 11.5 Å². The number of hydrogen-bond acceptors (Lipinski definition) is 11. The summed E-state index contributed by atoms with van der Waals surface area (Å²) in [4.78, 5) is 48.9. The number of aliphatic carboxylic acids is 1. The minimum atomic E-state index is -1.43. The third-order valence-electron chi connectivity index (χ3n) is 5.92. The van der Waals surface area contributed by atoms with E-state index in [1.54, 1.807) is 6.92 Å². The van der Waals surface area contributed by atoms with Gasteiger partial charge in [-0.15, -0.1) is 0 Å².